The Balaban J connectivity index is 1.45. The number of hydrogen-bond acceptors (Lipinski definition) is 7. The molecule has 0 radical (unpaired) electrons. The molecule has 2 aromatic heterocycles. The maximum Gasteiger partial charge on any atom is 0.319 e. The normalized spacial score (nSPS) is 26.0. The molecule has 5 rings (SSSR count). The summed E-state index contributed by atoms with van der Waals surface area (Å²) < 4.78 is 10.7. The van der Waals surface area contributed by atoms with Crippen molar-refractivity contribution in [3.63, 3.8) is 0 Å². The van der Waals surface area contributed by atoms with Crippen LogP contribution < -0.4 is 9.47 Å². The first-order valence-corrected chi connectivity index (χ1v) is 10.9. The molecule has 0 unspecified atom stereocenters. The van der Waals surface area contributed by atoms with Crippen molar-refractivity contribution in [2.24, 2.45) is 11.8 Å². The van der Waals surface area contributed by atoms with Crippen molar-refractivity contribution in [1.29, 1.82) is 0 Å². The molecule has 0 spiro atoms. The van der Waals surface area contributed by atoms with E-state index in [-0.39, 0.29) is 17.8 Å². The van der Waals surface area contributed by atoms with E-state index < -0.39 is 5.60 Å². The number of aromatic nitrogens is 3. The largest absolute Gasteiger partial charge is 0.481 e. The van der Waals surface area contributed by atoms with Gasteiger partial charge in [0.1, 0.15) is 5.60 Å². The van der Waals surface area contributed by atoms with Gasteiger partial charge in [-0.3, -0.25) is 9.88 Å². The summed E-state index contributed by atoms with van der Waals surface area (Å²) in [7, 11) is 3.10. The second-order valence-electron chi connectivity index (χ2n) is 8.61. The number of piperidine rings is 1. The molecule has 0 amide bonds. The molecule has 1 aliphatic carbocycles. The number of pyridine rings is 1. The highest BCUT2D eigenvalue weighted by Gasteiger charge is 2.53. The number of methoxy groups -OCH3 is 2. The summed E-state index contributed by atoms with van der Waals surface area (Å²) in [5.41, 5.74) is 1.99. The third-order valence-electron chi connectivity index (χ3n) is 6.98. The van der Waals surface area contributed by atoms with Gasteiger partial charge in [0, 0.05) is 49.2 Å². The first-order valence-electron chi connectivity index (χ1n) is 10.9. The molecule has 1 saturated carbocycles. The molecule has 2 aliphatic rings. The summed E-state index contributed by atoms with van der Waals surface area (Å²) in [4.78, 5) is 15.6. The monoisotopic (exact) mass is 420 g/mol. The third-order valence-corrected chi connectivity index (χ3v) is 6.98. The van der Waals surface area contributed by atoms with Crippen molar-refractivity contribution in [3.8, 4) is 11.9 Å². The molecule has 1 aliphatic heterocycles. The molecule has 1 aromatic carbocycles. The van der Waals surface area contributed by atoms with Crippen LogP contribution in [0.2, 0.25) is 0 Å². The van der Waals surface area contributed by atoms with Gasteiger partial charge in [-0.15, -0.1) is 0 Å². The van der Waals surface area contributed by atoms with Crippen LogP contribution >= 0.6 is 0 Å². The number of rotatable bonds is 5. The number of aliphatic hydroxyl groups is 1. The van der Waals surface area contributed by atoms with Crippen molar-refractivity contribution in [3.05, 3.63) is 53.9 Å². The zero-order valence-electron chi connectivity index (χ0n) is 18.0. The Bertz CT molecular complexity index is 1070. The van der Waals surface area contributed by atoms with E-state index >= 15 is 0 Å². The van der Waals surface area contributed by atoms with Crippen LogP contribution in [0.25, 0.3) is 10.9 Å². The lowest BCUT2D eigenvalue weighted by Gasteiger charge is -2.53. The summed E-state index contributed by atoms with van der Waals surface area (Å²) in [6, 6.07) is 10.7. The summed E-state index contributed by atoms with van der Waals surface area (Å²) in [5.74, 6) is 0.595. The van der Waals surface area contributed by atoms with Crippen LogP contribution in [0.4, 0.5) is 0 Å². The van der Waals surface area contributed by atoms with Gasteiger partial charge in [-0.1, -0.05) is 24.6 Å². The minimum Gasteiger partial charge on any atom is -0.481 e. The summed E-state index contributed by atoms with van der Waals surface area (Å²) >= 11 is 0. The van der Waals surface area contributed by atoms with Gasteiger partial charge in [0.25, 0.3) is 0 Å². The summed E-state index contributed by atoms with van der Waals surface area (Å²) in [5, 5.41) is 13.2. The molecular weight excluding hydrogens is 392 g/mol. The van der Waals surface area contributed by atoms with Crippen molar-refractivity contribution < 1.29 is 14.6 Å². The Hall–Kier alpha value is -2.77. The number of hydrogen-bond donors (Lipinski definition) is 1. The number of ether oxygens (including phenoxy) is 2. The zero-order valence-corrected chi connectivity index (χ0v) is 18.0. The van der Waals surface area contributed by atoms with Crippen LogP contribution in [0.15, 0.2) is 42.7 Å². The molecule has 7 heteroatoms. The van der Waals surface area contributed by atoms with Crippen LogP contribution in [0.1, 0.15) is 30.4 Å². The smallest absolute Gasteiger partial charge is 0.319 e. The van der Waals surface area contributed by atoms with E-state index in [1.54, 1.807) is 13.3 Å². The summed E-state index contributed by atoms with van der Waals surface area (Å²) in [6.45, 7) is 2.49. The van der Waals surface area contributed by atoms with E-state index in [4.69, 9.17) is 9.47 Å². The molecular formula is C24H28N4O3. The average molecular weight is 421 g/mol. The lowest BCUT2D eigenvalue weighted by Crippen LogP contribution is -2.58. The maximum absolute atomic E-state index is 12.0. The molecule has 3 heterocycles. The standard InChI is InChI=1S/C24H28N4O3/c1-30-22-20(12-26-23(27-22)31-2)24(29)17-7-4-8-18(24)15-28(14-17)13-16-6-3-10-21-19(16)9-5-11-25-21/h3,5-6,9-12,17-18,29H,4,7-8,13-15H2,1-2H3/t17-,18-/m1/s1. The van der Waals surface area contributed by atoms with E-state index in [0.717, 1.165) is 44.4 Å². The predicted molar refractivity (Wildman–Crippen MR) is 117 cm³/mol. The van der Waals surface area contributed by atoms with E-state index in [9.17, 15) is 5.11 Å². The van der Waals surface area contributed by atoms with Crippen molar-refractivity contribution in [1.82, 2.24) is 19.9 Å². The lowest BCUT2D eigenvalue weighted by atomic mass is 9.63. The average Bonchev–Trinajstić information content (AvgIpc) is 2.79. The van der Waals surface area contributed by atoms with Crippen LogP contribution in [-0.4, -0.2) is 52.3 Å². The molecule has 2 fully saturated rings. The van der Waals surface area contributed by atoms with Crippen LogP contribution in [0.5, 0.6) is 11.9 Å². The third kappa shape index (κ3) is 3.42. The van der Waals surface area contributed by atoms with Gasteiger partial charge in [-0.05, 0) is 30.5 Å². The Labute approximate surface area is 182 Å². The second-order valence-corrected chi connectivity index (χ2v) is 8.61. The fourth-order valence-corrected chi connectivity index (χ4v) is 5.54. The van der Waals surface area contributed by atoms with Gasteiger partial charge in [-0.25, -0.2) is 4.98 Å². The maximum atomic E-state index is 12.0. The fourth-order valence-electron chi connectivity index (χ4n) is 5.54. The SMILES string of the molecule is COc1ncc(C2(O)[C@@H]3CCC[C@@H]2CN(Cc2cccc4ncccc24)C3)c(OC)n1. The van der Waals surface area contributed by atoms with Crippen molar-refractivity contribution >= 4 is 10.9 Å². The molecule has 1 N–H and O–H groups in total. The molecule has 2 bridgehead atoms. The van der Waals surface area contributed by atoms with Crippen LogP contribution in [-0.2, 0) is 12.1 Å². The number of nitrogens with zero attached hydrogens (tertiary/aromatic N) is 4. The Morgan fingerprint density at radius 2 is 1.87 bits per heavy atom. The molecule has 31 heavy (non-hydrogen) atoms. The first-order chi connectivity index (χ1) is 15.1. The molecule has 2 atom stereocenters. The molecule has 162 valence electrons. The van der Waals surface area contributed by atoms with Crippen LogP contribution in [0.3, 0.4) is 0 Å². The molecule has 1 saturated heterocycles. The van der Waals surface area contributed by atoms with E-state index in [1.807, 2.05) is 12.3 Å². The highest BCUT2D eigenvalue weighted by molar-refractivity contribution is 5.81. The van der Waals surface area contributed by atoms with Crippen LogP contribution in [0, 0.1) is 11.8 Å². The highest BCUT2D eigenvalue weighted by atomic mass is 16.5. The number of likely N-dealkylation sites (tertiary alicyclic amines) is 1. The van der Waals surface area contributed by atoms with Gasteiger partial charge in [0.15, 0.2) is 0 Å². The van der Waals surface area contributed by atoms with E-state index in [0.29, 0.717) is 11.4 Å². The van der Waals surface area contributed by atoms with E-state index in [2.05, 4.69) is 44.1 Å². The minimum absolute atomic E-state index is 0.0963. The van der Waals surface area contributed by atoms with Crippen molar-refractivity contribution in [2.75, 3.05) is 27.3 Å². The van der Waals surface area contributed by atoms with Gasteiger partial charge >= 0.3 is 6.01 Å². The highest BCUT2D eigenvalue weighted by Crippen LogP contribution is 2.51. The predicted octanol–water partition coefficient (Wildman–Crippen LogP) is 3.16. The number of benzene rings is 1. The zero-order chi connectivity index (χ0) is 21.4. The second kappa shape index (κ2) is 8.05. The van der Waals surface area contributed by atoms with E-state index in [1.165, 1.54) is 18.1 Å². The quantitative estimate of drug-likeness (QED) is 0.679. The fraction of sp³-hybridized carbons (Fsp3) is 0.458. The minimum atomic E-state index is -0.993. The molecule has 7 nitrogen and oxygen atoms in total. The first kappa shape index (κ1) is 20.2. The topological polar surface area (TPSA) is 80.6 Å². The van der Waals surface area contributed by atoms with Gasteiger partial charge < -0.3 is 14.6 Å². The Morgan fingerprint density at radius 1 is 1.06 bits per heavy atom. The Morgan fingerprint density at radius 3 is 2.61 bits per heavy atom. The number of fused-ring (bicyclic) bond motifs is 3. The lowest BCUT2D eigenvalue weighted by molar-refractivity contribution is -0.149. The van der Waals surface area contributed by atoms with Gasteiger partial charge in [-0.2, -0.15) is 4.98 Å². The van der Waals surface area contributed by atoms with Gasteiger partial charge in [0.2, 0.25) is 5.88 Å². The van der Waals surface area contributed by atoms with Gasteiger partial charge in [0.05, 0.1) is 25.3 Å². The molecule has 3 aromatic rings. The van der Waals surface area contributed by atoms with Crippen molar-refractivity contribution in [2.45, 2.75) is 31.4 Å². The summed E-state index contributed by atoms with van der Waals surface area (Å²) in [6.07, 6.45) is 6.58. The Kier molecular flexibility index (Phi) is 5.24.